The van der Waals surface area contributed by atoms with E-state index in [2.05, 4.69) is 90.7 Å². The lowest BCUT2D eigenvalue weighted by Gasteiger charge is -2.12. The number of benzene rings is 2. The van der Waals surface area contributed by atoms with Crippen LogP contribution in [0.1, 0.15) is 22.6 Å². The Morgan fingerprint density at radius 3 is 1.96 bits per heavy atom. The van der Waals surface area contributed by atoms with Crippen LogP contribution in [0.3, 0.4) is 0 Å². The molecule has 2 aromatic carbocycles. The highest BCUT2D eigenvalue weighted by Gasteiger charge is 2.17. The van der Waals surface area contributed by atoms with E-state index in [1.807, 2.05) is 24.3 Å². The molecular formula is C25H18. The van der Waals surface area contributed by atoms with Gasteiger partial charge in [0.15, 0.2) is 0 Å². The summed E-state index contributed by atoms with van der Waals surface area (Å²) in [5.41, 5.74) is 6.05. The van der Waals surface area contributed by atoms with Crippen LogP contribution < -0.4 is 0 Å². The van der Waals surface area contributed by atoms with Gasteiger partial charge < -0.3 is 0 Å². The smallest absolute Gasteiger partial charge is 0.0711 e. The molecule has 0 N–H and O–H groups in total. The average Bonchev–Trinajstić information content (AvgIpc) is 2.92. The first kappa shape index (κ1) is 15.2. The summed E-state index contributed by atoms with van der Waals surface area (Å²) >= 11 is 0. The van der Waals surface area contributed by atoms with Crippen molar-refractivity contribution in [1.82, 2.24) is 0 Å². The van der Waals surface area contributed by atoms with Gasteiger partial charge in [-0.3, -0.25) is 0 Å². The Bertz CT molecular complexity index is 988. The predicted octanol–water partition coefficient (Wildman–Crippen LogP) is 5.98. The fraction of sp³-hybridized carbons (Fsp3) is 0.0400. The molecule has 1 unspecified atom stereocenters. The highest BCUT2D eigenvalue weighted by Crippen LogP contribution is 2.35. The zero-order chi connectivity index (χ0) is 16.9. The highest BCUT2D eigenvalue weighted by atomic mass is 14.2. The van der Waals surface area contributed by atoms with Gasteiger partial charge in [0, 0.05) is 5.56 Å². The van der Waals surface area contributed by atoms with Crippen LogP contribution in [0, 0.1) is 11.8 Å². The van der Waals surface area contributed by atoms with Crippen molar-refractivity contribution < 1.29 is 0 Å². The number of hydrogen-bond acceptors (Lipinski definition) is 0. The minimum atomic E-state index is 0.0568. The maximum Gasteiger partial charge on any atom is 0.0711 e. The largest absolute Gasteiger partial charge is 0.0848 e. The maximum absolute atomic E-state index is 3.51. The lowest BCUT2D eigenvalue weighted by atomic mass is 9.90. The van der Waals surface area contributed by atoms with E-state index in [9.17, 15) is 0 Å². The average molecular weight is 318 g/mol. The second-order valence-corrected chi connectivity index (χ2v) is 6.05. The topological polar surface area (TPSA) is 0 Å². The van der Waals surface area contributed by atoms with Crippen LogP contribution in [0.15, 0.2) is 103 Å². The molecule has 0 saturated heterocycles. The van der Waals surface area contributed by atoms with Gasteiger partial charge >= 0.3 is 0 Å². The first-order chi connectivity index (χ1) is 12.4. The zero-order valence-electron chi connectivity index (χ0n) is 13.9. The Morgan fingerprint density at radius 1 is 0.560 bits per heavy atom. The van der Waals surface area contributed by atoms with Crippen LogP contribution in [0.5, 0.6) is 0 Å². The molecule has 4 rings (SSSR count). The second kappa shape index (κ2) is 7.07. The minimum absolute atomic E-state index is 0.0568. The first-order valence-corrected chi connectivity index (χ1v) is 8.51. The van der Waals surface area contributed by atoms with Crippen molar-refractivity contribution in [1.29, 1.82) is 0 Å². The summed E-state index contributed by atoms with van der Waals surface area (Å²) in [4.78, 5) is 0. The minimum Gasteiger partial charge on any atom is -0.0848 e. The van der Waals surface area contributed by atoms with Gasteiger partial charge in [0.2, 0.25) is 0 Å². The molecule has 0 fully saturated rings. The van der Waals surface area contributed by atoms with Gasteiger partial charge in [0.05, 0.1) is 5.92 Å². The molecule has 1 atom stereocenters. The van der Waals surface area contributed by atoms with Crippen molar-refractivity contribution in [3.63, 3.8) is 0 Å². The third kappa shape index (κ3) is 3.32. The molecule has 2 aliphatic carbocycles. The van der Waals surface area contributed by atoms with E-state index >= 15 is 0 Å². The van der Waals surface area contributed by atoms with E-state index in [1.165, 1.54) is 22.3 Å². The highest BCUT2D eigenvalue weighted by molar-refractivity contribution is 5.73. The lowest BCUT2D eigenvalue weighted by Crippen LogP contribution is -1.98. The van der Waals surface area contributed by atoms with Crippen LogP contribution in [0.2, 0.25) is 0 Å². The molecule has 25 heavy (non-hydrogen) atoms. The lowest BCUT2D eigenvalue weighted by molar-refractivity contribution is 1.08. The van der Waals surface area contributed by atoms with Crippen molar-refractivity contribution in [3.8, 4) is 23.0 Å². The van der Waals surface area contributed by atoms with Crippen LogP contribution in [-0.2, 0) is 0 Å². The first-order valence-electron chi connectivity index (χ1n) is 8.51. The van der Waals surface area contributed by atoms with Gasteiger partial charge in [-0.15, -0.1) is 0 Å². The Hall–Kier alpha value is -3.30. The third-order valence-corrected chi connectivity index (χ3v) is 4.40. The molecule has 2 aliphatic rings. The SMILES string of the molecule is C(#CC(c1ccccc1)c1ccc2cccccc1-2)c1ccccc1. The van der Waals surface area contributed by atoms with E-state index in [0.29, 0.717) is 0 Å². The molecule has 0 saturated carbocycles. The Morgan fingerprint density at radius 2 is 1.20 bits per heavy atom. The molecule has 0 bridgehead atoms. The molecule has 0 heteroatoms. The van der Waals surface area contributed by atoms with Gasteiger partial charge in [-0.25, -0.2) is 0 Å². The summed E-state index contributed by atoms with van der Waals surface area (Å²) in [6.45, 7) is 0. The van der Waals surface area contributed by atoms with Crippen molar-refractivity contribution in [2.45, 2.75) is 5.92 Å². The predicted molar refractivity (Wildman–Crippen MR) is 105 cm³/mol. The third-order valence-electron chi connectivity index (χ3n) is 4.40. The monoisotopic (exact) mass is 318 g/mol. The summed E-state index contributed by atoms with van der Waals surface area (Å²) in [7, 11) is 0. The molecule has 0 heterocycles. The molecule has 0 aliphatic heterocycles. The van der Waals surface area contributed by atoms with Crippen LogP contribution in [-0.4, -0.2) is 0 Å². The zero-order valence-corrected chi connectivity index (χ0v) is 13.9. The maximum atomic E-state index is 3.51. The quantitative estimate of drug-likeness (QED) is 0.399. The molecule has 118 valence electrons. The van der Waals surface area contributed by atoms with Crippen LogP contribution in [0.25, 0.3) is 11.1 Å². The van der Waals surface area contributed by atoms with E-state index in [1.54, 1.807) is 0 Å². The number of hydrogen-bond donors (Lipinski definition) is 0. The van der Waals surface area contributed by atoms with Crippen molar-refractivity contribution in [3.05, 3.63) is 120 Å². The van der Waals surface area contributed by atoms with Gasteiger partial charge in [-0.1, -0.05) is 103 Å². The summed E-state index contributed by atoms with van der Waals surface area (Å²) in [5.74, 6) is 6.92. The molecule has 0 amide bonds. The van der Waals surface area contributed by atoms with E-state index in [4.69, 9.17) is 0 Å². The molecular weight excluding hydrogens is 300 g/mol. The van der Waals surface area contributed by atoms with Crippen LogP contribution >= 0.6 is 0 Å². The van der Waals surface area contributed by atoms with Crippen LogP contribution in [0.4, 0.5) is 0 Å². The Balaban J connectivity index is 1.83. The second-order valence-electron chi connectivity index (χ2n) is 6.05. The van der Waals surface area contributed by atoms with E-state index in [0.717, 1.165) is 5.56 Å². The van der Waals surface area contributed by atoms with Crippen molar-refractivity contribution in [2.75, 3.05) is 0 Å². The Kier molecular flexibility index (Phi) is 4.31. The summed E-state index contributed by atoms with van der Waals surface area (Å²) in [6.07, 6.45) is 0. The summed E-state index contributed by atoms with van der Waals surface area (Å²) < 4.78 is 0. The van der Waals surface area contributed by atoms with Gasteiger partial charge in [0.1, 0.15) is 0 Å². The van der Waals surface area contributed by atoms with Gasteiger partial charge in [-0.05, 0) is 34.4 Å². The molecule has 0 radical (unpaired) electrons. The standard InChI is InChI=1S/C25H18/c1-4-10-20(11-5-1)16-18-24(21-12-6-2-7-13-21)25-19-17-22-14-8-3-9-15-23(22)25/h1-15,17,19,24H. The molecule has 0 spiro atoms. The number of rotatable bonds is 2. The fourth-order valence-electron chi connectivity index (χ4n) is 3.15. The number of fused-ring (bicyclic) bond motifs is 1. The van der Waals surface area contributed by atoms with Gasteiger partial charge in [-0.2, -0.15) is 0 Å². The summed E-state index contributed by atoms with van der Waals surface area (Å²) in [5, 5.41) is 0. The van der Waals surface area contributed by atoms with E-state index < -0.39 is 0 Å². The van der Waals surface area contributed by atoms with Crippen molar-refractivity contribution in [2.24, 2.45) is 0 Å². The van der Waals surface area contributed by atoms with E-state index in [-0.39, 0.29) is 5.92 Å². The molecule has 0 nitrogen and oxygen atoms in total. The normalized spacial score (nSPS) is 11.5. The molecule has 2 aromatic rings. The Labute approximate surface area is 149 Å². The summed E-state index contributed by atoms with van der Waals surface area (Å²) in [6, 6.07) is 35.7. The fourth-order valence-corrected chi connectivity index (χ4v) is 3.15. The molecule has 0 aromatic heterocycles. The van der Waals surface area contributed by atoms with Gasteiger partial charge in [0.25, 0.3) is 0 Å². The van der Waals surface area contributed by atoms with Crippen molar-refractivity contribution >= 4 is 0 Å².